The number of hydrogen-bond acceptors (Lipinski definition) is 6. The molecule has 7 heteroatoms. The second-order valence-corrected chi connectivity index (χ2v) is 7.46. The third kappa shape index (κ3) is 4.67. The average molecular weight is 392 g/mol. The van der Waals surface area contributed by atoms with E-state index < -0.39 is 6.10 Å². The van der Waals surface area contributed by atoms with E-state index >= 15 is 0 Å². The summed E-state index contributed by atoms with van der Waals surface area (Å²) in [5, 5.41) is 22.1. The molecule has 2 aliphatic rings. The van der Waals surface area contributed by atoms with E-state index in [1.54, 1.807) is 0 Å². The van der Waals surface area contributed by atoms with Crippen LogP contribution in [0.5, 0.6) is 5.75 Å². The zero-order chi connectivity index (χ0) is 20.2. The van der Waals surface area contributed by atoms with Gasteiger partial charge in [0.05, 0.1) is 18.1 Å². The van der Waals surface area contributed by atoms with Gasteiger partial charge in [-0.1, -0.05) is 0 Å². The van der Waals surface area contributed by atoms with E-state index in [2.05, 4.69) is 21.2 Å². The highest BCUT2D eigenvalue weighted by Gasteiger charge is 2.21. The Balaban J connectivity index is 1.22. The minimum Gasteiger partial charge on any atom is -0.491 e. The zero-order valence-corrected chi connectivity index (χ0v) is 16.2. The summed E-state index contributed by atoms with van der Waals surface area (Å²) in [6, 6.07) is 15.3. The fourth-order valence-corrected chi connectivity index (χ4v) is 3.77. The van der Waals surface area contributed by atoms with Gasteiger partial charge < -0.3 is 20.1 Å². The molecule has 0 saturated carbocycles. The Morgan fingerprint density at radius 2 is 1.90 bits per heavy atom. The molecule has 1 unspecified atom stereocenters. The van der Waals surface area contributed by atoms with Gasteiger partial charge in [-0.15, -0.1) is 0 Å². The van der Waals surface area contributed by atoms with Crippen LogP contribution in [0.2, 0.25) is 0 Å². The van der Waals surface area contributed by atoms with Crippen molar-refractivity contribution in [1.82, 2.24) is 4.90 Å². The Hall–Kier alpha value is -3.08. The zero-order valence-electron chi connectivity index (χ0n) is 16.2. The maximum Gasteiger partial charge on any atom is 0.228 e. The van der Waals surface area contributed by atoms with Crippen LogP contribution in [0.3, 0.4) is 0 Å². The molecule has 1 amide bonds. The van der Waals surface area contributed by atoms with Crippen molar-refractivity contribution in [3.8, 4) is 11.8 Å². The summed E-state index contributed by atoms with van der Waals surface area (Å²) in [5.41, 5.74) is 3.56. The molecule has 2 aromatic rings. The smallest absolute Gasteiger partial charge is 0.228 e. The Bertz CT molecular complexity index is 915. The predicted molar refractivity (Wildman–Crippen MR) is 110 cm³/mol. The van der Waals surface area contributed by atoms with Crippen molar-refractivity contribution in [3.05, 3.63) is 53.6 Å². The lowest BCUT2D eigenvalue weighted by Gasteiger charge is -2.36. The first-order valence-corrected chi connectivity index (χ1v) is 9.82. The van der Waals surface area contributed by atoms with Crippen LogP contribution in [0.1, 0.15) is 11.1 Å². The monoisotopic (exact) mass is 392 g/mol. The lowest BCUT2D eigenvalue weighted by atomic mass is 10.1. The second-order valence-electron chi connectivity index (χ2n) is 7.46. The van der Waals surface area contributed by atoms with Crippen molar-refractivity contribution in [1.29, 1.82) is 5.26 Å². The van der Waals surface area contributed by atoms with Gasteiger partial charge in [-0.05, 0) is 48.0 Å². The second kappa shape index (κ2) is 8.52. The number of rotatable bonds is 6. The molecular weight excluding hydrogens is 368 g/mol. The largest absolute Gasteiger partial charge is 0.491 e. The van der Waals surface area contributed by atoms with Gasteiger partial charge in [0.25, 0.3) is 0 Å². The Labute approximate surface area is 170 Å². The molecule has 2 N–H and O–H groups in total. The SMILES string of the molecule is N#Cc1ccc(N2CCN(CC(O)COc3ccc4c(c3)CC(=O)N4)CC2)cc1. The third-order valence-corrected chi connectivity index (χ3v) is 5.35. The van der Waals surface area contributed by atoms with E-state index in [9.17, 15) is 9.90 Å². The molecule has 1 saturated heterocycles. The molecule has 29 heavy (non-hydrogen) atoms. The van der Waals surface area contributed by atoms with Crippen LogP contribution in [0.15, 0.2) is 42.5 Å². The van der Waals surface area contributed by atoms with E-state index in [4.69, 9.17) is 10.00 Å². The number of aliphatic hydroxyl groups is 1. The highest BCUT2D eigenvalue weighted by Crippen LogP contribution is 2.27. The van der Waals surface area contributed by atoms with Crippen molar-refractivity contribution < 1.29 is 14.6 Å². The normalized spacial score (nSPS) is 17.4. The van der Waals surface area contributed by atoms with Crippen LogP contribution in [0.4, 0.5) is 11.4 Å². The van der Waals surface area contributed by atoms with E-state index in [1.165, 1.54) is 0 Å². The number of anilines is 2. The molecule has 2 aliphatic heterocycles. The van der Waals surface area contributed by atoms with Crippen LogP contribution < -0.4 is 15.0 Å². The minimum absolute atomic E-state index is 0.00247. The Morgan fingerprint density at radius 1 is 1.14 bits per heavy atom. The number of hydrogen-bond donors (Lipinski definition) is 2. The number of amides is 1. The first-order valence-electron chi connectivity index (χ1n) is 9.82. The topological polar surface area (TPSA) is 88.8 Å². The molecule has 4 rings (SSSR count). The van der Waals surface area contributed by atoms with Gasteiger partial charge in [0.2, 0.25) is 5.91 Å². The van der Waals surface area contributed by atoms with Gasteiger partial charge in [0.15, 0.2) is 0 Å². The molecule has 0 bridgehead atoms. The molecule has 2 aromatic carbocycles. The molecule has 0 aromatic heterocycles. The van der Waals surface area contributed by atoms with Crippen molar-refractivity contribution >= 4 is 17.3 Å². The van der Waals surface area contributed by atoms with Gasteiger partial charge in [-0.3, -0.25) is 9.69 Å². The van der Waals surface area contributed by atoms with Crippen LogP contribution in [0.25, 0.3) is 0 Å². The number of carbonyl (C=O) groups excluding carboxylic acids is 1. The van der Waals surface area contributed by atoms with Crippen LogP contribution in [0, 0.1) is 11.3 Å². The molecule has 0 spiro atoms. The maximum absolute atomic E-state index is 11.4. The molecular formula is C22H24N4O3. The van der Waals surface area contributed by atoms with Gasteiger partial charge >= 0.3 is 0 Å². The number of nitriles is 1. The number of piperazine rings is 1. The van der Waals surface area contributed by atoms with Crippen molar-refractivity contribution in [2.45, 2.75) is 12.5 Å². The summed E-state index contributed by atoms with van der Waals surface area (Å²) in [7, 11) is 0. The average Bonchev–Trinajstić information content (AvgIpc) is 3.12. The number of nitrogens with zero attached hydrogens (tertiary/aromatic N) is 3. The summed E-state index contributed by atoms with van der Waals surface area (Å²) in [6.07, 6.45) is -0.206. The lowest BCUT2D eigenvalue weighted by molar-refractivity contribution is -0.115. The van der Waals surface area contributed by atoms with Gasteiger partial charge in [0, 0.05) is 44.1 Å². The Morgan fingerprint density at radius 3 is 2.62 bits per heavy atom. The van der Waals surface area contributed by atoms with E-state index in [0.717, 1.165) is 43.1 Å². The highest BCUT2D eigenvalue weighted by atomic mass is 16.5. The summed E-state index contributed by atoms with van der Waals surface area (Å²) in [6.45, 7) is 4.27. The van der Waals surface area contributed by atoms with Gasteiger partial charge in [-0.25, -0.2) is 0 Å². The number of aliphatic hydroxyl groups excluding tert-OH is 1. The molecule has 1 atom stereocenters. The minimum atomic E-state index is -0.579. The van der Waals surface area contributed by atoms with Crippen molar-refractivity contribution in [2.75, 3.05) is 49.5 Å². The van der Waals surface area contributed by atoms with E-state index in [-0.39, 0.29) is 12.5 Å². The number of fused-ring (bicyclic) bond motifs is 1. The summed E-state index contributed by atoms with van der Waals surface area (Å²) >= 11 is 0. The predicted octanol–water partition coefficient (Wildman–Crippen LogP) is 1.61. The fraction of sp³-hybridized carbons (Fsp3) is 0.364. The first-order chi connectivity index (χ1) is 14.1. The number of carbonyl (C=O) groups is 1. The van der Waals surface area contributed by atoms with E-state index in [1.807, 2.05) is 42.5 Å². The molecule has 1 fully saturated rings. The number of ether oxygens (including phenoxy) is 1. The van der Waals surface area contributed by atoms with Crippen LogP contribution in [-0.4, -0.2) is 61.3 Å². The van der Waals surface area contributed by atoms with Gasteiger partial charge in [-0.2, -0.15) is 5.26 Å². The van der Waals surface area contributed by atoms with Crippen molar-refractivity contribution in [2.24, 2.45) is 0 Å². The Kier molecular flexibility index (Phi) is 5.65. The molecule has 0 radical (unpaired) electrons. The van der Waals surface area contributed by atoms with Crippen molar-refractivity contribution in [3.63, 3.8) is 0 Å². The number of benzene rings is 2. The van der Waals surface area contributed by atoms with Crippen LogP contribution in [-0.2, 0) is 11.2 Å². The summed E-state index contributed by atoms with van der Waals surface area (Å²) in [4.78, 5) is 16.0. The molecule has 7 nitrogen and oxygen atoms in total. The molecule has 2 heterocycles. The fourth-order valence-electron chi connectivity index (χ4n) is 3.77. The summed E-state index contributed by atoms with van der Waals surface area (Å²) < 4.78 is 5.73. The highest BCUT2D eigenvalue weighted by molar-refractivity contribution is 5.99. The number of β-amino-alcohol motifs (C(OH)–C–C–N with tert-alkyl or cyclic N) is 1. The molecule has 0 aliphatic carbocycles. The third-order valence-electron chi connectivity index (χ3n) is 5.35. The van der Waals surface area contributed by atoms with E-state index in [0.29, 0.717) is 24.3 Å². The molecule has 150 valence electrons. The standard InChI is InChI=1S/C22H24N4O3/c23-13-16-1-3-18(4-2-16)26-9-7-25(8-10-26)14-19(27)15-29-20-5-6-21-17(11-20)12-22(28)24-21/h1-6,11,19,27H,7-10,12,14-15H2,(H,24,28). The summed E-state index contributed by atoms with van der Waals surface area (Å²) in [5.74, 6) is 0.669. The quantitative estimate of drug-likeness (QED) is 0.777. The van der Waals surface area contributed by atoms with Gasteiger partial charge in [0.1, 0.15) is 18.5 Å². The van der Waals surface area contributed by atoms with Crippen LogP contribution >= 0.6 is 0 Å². The lowest BCUT2D eigenvalue weighted by Crippen LogP contribution is -2.49. The first kappa shape index (κ1) is 19.2. The maximum atomic E-state index is 11.4. The number of nitrogens with one attached hydrogen (secondary N) is 1.